The predicted molar refractivity (Wildman–Crippen MR) is 106 cm³/mol. The van der Waals surface area contributed by atoms with Gasteiger partial charge >= 0.3 is 5.63 Å². The standard InChI is InChI=1S/C20H17Cl2NO4/c1-11(16-7-5-14(21)9-17(16)22)23-20(25)12(2)26-15-6-3-13-4-8-19(24)27-18(13)10-15/h3-12H,1-2H3,(H,23,25)/t11-,12-/m1/s1. The summed E-state index contributed by atoms with van der Waals surface area (Å²) in [5.41, 5.74) is 0.710. The van der Waals surface area contributed by atoms with Crippen LogP contribution in [0.2, 0.25) is 10.0 Å². The van der Waals surface area contributed by atoms with Crippen LogP contribution in [-0.2, 0) is 4.79 Å². The van der Waals surface area contributed by atoms with Gasteiger partial charge in [0.15, 0.2) is 6.10 Å². The van der Waals surface area contributed by atoms with E-state index in [2.05, 4.69) is 5.32 Å². The second-order valence-corrected chi connectivity index (χ2v) is 6.95. The molecule has 1 heterocycles. The fraction of sp³-hybridized carbons (Fsp3) is 0.200. The maximum absolute atomic E-state index is 12.4. The Balaban J connectivity index is 1.69. The summed E-state index contributed by atoms with van der Waals surface area (Å²) in [5.74, 6) is 0.125. The van der Waals surface area contributed by atoms with E-state index in [9.17, 15) is 9.59 Å². The van der Waals surface area contributed by atoms with Crippen LogP contribution in [0.3, 0.4) is 0 Å². The van der Waals surface area contributed by atoms with Crippen LogP contribution in [0.15, 0.2) is 57.7 Å². The second kappa shape index (κ2) is 8.03. The number of carbonyl (C=O) groups excluding carboxylic acids is 1. The SMILES string of the molecule is C[C@@H](Oc1ccc2ccc(=O)oc2c1)C(=O)N[C@H](C)c1ccc(Cl)cc1Cl. The Bertz CT molecular complexity index is 1050. The lowest BCUT2D eigenvalue weighted by molar-refractivity contribution is -0.127. The van der Waals surface area contributed by atoms with Crippen LogP contribution >= 0.6 is 23.2 Å². The number of nitrogens with one attached hydrogen (secondary N) is 1. The molecule has 5 nitrogen and oxygen atoms in total. The lowest BCUT2D eigenvalue weighted by Crippen LogP contribution is -2.37. The quantitative estimate of drug-likeness (QED) is 0.622. The minimum atomic E-state index is -0.758. The van der Waals surface area contributed by atoms with E-state index in [-0.39, 0.29) is 11.9 Å². The van der Waals surface area contributed by atoms with E-state index >= 15 is 0 Å². The van der Waals surface area contributed by atoms with Gasteiger partial charge in [0.2, 0.25) is 0 Å². The average Bonchev–Trinajstić information content (AvgIpc) is 2.61. The van der Waals surface area contributed by atoms with Crippen LogP contribution < -0.4 is 15.7 Å². The van der Waals surface area contributed by atoms with Gasteiger partial charge in [-0.1, -0.05) is 29.3 Å². The summed E-state index contributed by atoms with van der Waals surface area (Å²) in [6, 6.07) is 12.9. The molecule has 7 heteroatoms. The number of halogens is 2. The number of amides is 1. The van der Waals surface area contributed by atoms with Crippen molar-refractivity contribution in [3.05, 3.63) is 74.6 Å². The van der Waals surface area contributed by atoms with Crippen LogP contribution in [0.4, 0.5) is 0 Å². The third-order valence-corrected chi connectivity index (χ3v) is 4.63. The Morgan fingerprint density at radius 3 is 2.56 bits per heavy atom. The molecule has 0 aliphatic carbocycles. The molecule has 0 bridgehead atoms. The Kier molecular flexibility index (Phi) is 5.73. The largest absolute Gasteiger partial charge is 0.481 e. The van der Waals surface area contributed by atoms with Gasteiger partial charge in [0.25, 0.3) is 5.91 Å². The first-order chi connectivity index (χ1) is 12.8. The summed E-state index contributed by atoms with van der Waals surface area (Å²) in [4.78, 5) is 23.8. The fourth-order valence-corrected chi connectivity index (χ4v) is 3.21. The minimum absolute atomic E-state index is 0.303. The summed E-state index contributed by atoms with van der Waals surface area (Å²) in [5, 5.41) is 4.64. The number of hydrogen-bond donors (Lipinski definition) is 1. The number of hydrogen-bond acceptors (Lipinski definition) is 4. The second-order valence-electron chi connectivity index (χ2n) is 6.11. The predicted octanol–water partition coefficient (Wildman–Crippen LogP) is 4.74. The smallest absolute Gasteiger partial charge is 0.336 e. The maximum atomic E-state index is 12.4. The van der Waals surface area contributed by atoms with Crippen molar-refractivity contribution in [2.24, 2.45) is 0 Å². The van der Waals surface area contributed by atoms with Crippen LogP contribution in [0.1, 0.15) is 25.5 Å². The van der Waals surface area contributed by atoms with Gasteiger partial charge in [-0.05, 0) is 49.7 Å². The normalized spacial score (nSPS) is 13.2. The third-order valence-electron chi connectivity index (χ3n) is 4.06. The number of ether oxygens (including phenoxy) is 1. The summed E-state index contributed by atoms with van der Waals surface area (Å²) in [6.45, 7) is 3.46. The van der Waals surface area contributed by atoms with Crippen molar-refractivity contribution < 1.29 is 13.9 Å². The average molecular weight is 406 g/mol. The maximum Gasteiger partial charge on any atom is 0.336 e. The Hall–Kier alpha value is -2.50. The van der Waals surface area contributed by atoms with Gasteiger partial charge in [-0.25, -0.2) is 4.79 Å². The highest BCUT2D eigenvalue weighted by molar-refractivity contribution is 6.35. The lowest BCUT2D eigenvalue weighted by atomic mass is 10.1. The molecule has 27 heavy (non-hydrogen) atoms. The molecule has 3 rings (SSSR count). The van der Waals surface area contributed by atoms with Crippen LogP contribution in [0.5, 0.6) is 5.75 Å². The Labute approximate surface area is 165 Å². The van der Waals surface area contributed by atoms with Crippen molar-refractivity contribution in [2.45, 2.75) is 26.0 Å². The van der Waals surface area contributed by atoms with Crippen LogP contribution in [0.25, 0.3) is 11.0 Å². The minimum Gasteiger partial charge on any atom is -0.481 e. The summed E-state index contributed by atoms with van der Waals surface area (Å²) in [7, 11) is 0. The number of rotatable bonds is 5. The Morgan fingerprint density at radius 1 is 1.07 bits per heavy atom. The van der Waals surface area contributed by atoms with Gasteiger partial charge in [-0.2, -0.15) is 0 Å². The van der Waals surface area contributed by atoms with E-state index in [1.165, 1.54) is 6.07 Å². The fourth-order valence-electron chi connectivity index (χ4n) is 2.63. The van der Waals surface area contributed by atoms with Gasteiger partial charge in [0.1, 0.15) is 11.3 Å². The van der Waals surface area contributed by atoms with Crippen molar-refractivity contribution in [1.82, 2.24) is 5.32 Å². The van der Waals surface area contributed by atoms with Gasteiger partial charge < -0.3 is 14.5 Å². The first-order valence-electron chi connectivity index (χ1n) is 8.29. The zero-order chi connectivity index (χ0) is 19.6. The highest BCUT2D eigenvalue weighted by Gasteiger charge is 2.19. The van der Waals surface area contributed by atoms with Crippen molar-refractivity contribution in [3.8, 4) is 5.75 Å². The molecule has 0 radical (unpaired) electrons. The third kappa shape index (κ3) is 4.62. The van der Waals surface area contributed by atoms with E-state index in [1.807, 2.05) is 6.92 Å². The molecule has 0 spiro atoms. The molecule has 1 amide bonds. The van der Waals surface area contributed by atoms with E-state index in [0.717, 1.165) is 10.9 Å². The lowest BCUT2D eigenvalue weighted by Gasteiger charge is -2.20. The molecule has 0 aliphatic heterocycles. The van der Waals surface area contributed by atoms with E-state index in [4.69, 9.17) is 32.4 Å². The summed E-state index contributed by atoms with van der Waals surface area (Å²) < 4.78 is 10.8. The first-order valence-corrected chi connectivity index (χ1v) is 9.05. The van der Waals surface area contributed by atoms with Crippen molar-refractivity contribution in [1.29, 1.82) is 0 Å². The zero-order valence-corrected chi connectivity index (χ0v) is 16.2. The molecule has 0 unspecified atom stereocenters. The first kappa shape index (κ1) is 19.3. The number of fused-ring (bicyclic) bond motifs is 1. The van der Waals surface area contributed by atoms with E-state index in [0.29, 0.717) is 21.4 Å². The molecule has 2 atom stereocenters. The highest BCUT2D eigenvalue weighted by Crippen LogP contribution is 2.26. The van der Waals surface area contributed by atoms with Gasteiger partial charge in [0.05, 0.1) is 6.04 Å². The highest BCUT2D eigenvalue weighted by atomic mass is 35.5. The van der Waals surface area contributed by atoms with E-state index in [1.54, 1.807) is 49.4 Å². The van der Waals surface area contributed by atoms with E-state index < -0.39 is 11.7 Å². The van der Waals surface area contributed by atoms with Crippen LogP contribution in [0, 0.1) is 0 Å². The molecular formula is C20H17Cl2NO4. The molecule has 2 aromatic carbocycles. The topological polar surface area (TPSA) is 68.5 Å². The molecule has 140 valence electrons. The molecule has 1 N–H and O–H groups in total. The van der Waals surface area contributed by atoms with Crippen molar-refractivity contribution >= 4 is 40.1 Å². The molecule has 3 aromatic rings. The zero-order valence-electron chi connectivity index (χ0n) is 14.7. The summed E-state index contributed by atoms with van der Waals surface area (Å²) in [6.07, 6.45) is -0.758. The van der Waals surface area contributed by atoms with Gasteiger partial charge in [-0.3, -0.25) is 4.79 Å². The van der Waals surface area contributed by atoms with Gasteiger partial charge in [0, 0.05) is 27.6 Å². The van der Waals surface area contributed by atoms with Crippen molar-refractivity contribution in [3.63, 3.8) is 0 Å². The molecule has 0 fully saturated rings. The molecule has 1 aromatic heterocycles. The number of carbonyl (C=O) groups is 1. The van der Waals surface area contributed by atoms with Crippen LogP contribution in [-0.4, -0.2) is 12.0 Å². The number of benzene rings is 2. The van der Waals surface area contributed by atoms with Gasteiger partial charge in [-0.15, -0.1) is 0 Å². The molecule has 0 saturated carbocycles. The molecule has 0 aliphatic rings. The van der Waals surface area contributed by atoms with Crippen molar-refractivity contribution in [2.75, 3.05) is 0 Å². The summed E-state index contributed by atoms with van der Waals surface area (Å²) >= 11 is 12.1. The molecular weight excluding hydrogens is 389 g/mol. The molecule has 0 saturated heterocycles. The Morgan fingerprint density at radius 2 is 1.81 bits per heavy atom. The monoisotopic (exact) mass is 405 g/mol.